The van der Waals surface area contributed by atoms with Crippen molar-refractivity contribution >= 4 is 41.0 Å². The second kappa shape index (κ2) is 7.56. The quantitative estimate of drug-likeness (QED) is 0.515. The molecule has 0 aliphatic heterocycles. The number of carbonyl (C=O) groups excluding carboxylic acids is 2. The van der Waals surface area contributed by atoms with E-state index in [1.165, 1.54) is 17.6 Å². The van der Waals surface area contributed by atoms with Crippen LogP contribution in [0.2, 0.25) is 5.02 Å². The Bertz CT molecular complexity index is 639. The molecule has 0 aliphatic rings. The Labute approximate surface area is 130 Å². The molecule has 0 saturated heterocycles. The maximum absolute atomic E-state index is 11.6. The SMILES string of the molecule is O=C(NCc1ccc(Cl)cc1)C(=O)N/N=C\c1cccs1. The van der Waals surface area contributed by atoms with E-state index in [9.17, 15) is 9.59 Å². The van der Waals surface area contributed by atoms with Gasteiger partial charge in [-0.25, -0.2) is 5.43 Å². The van der Waals surface area contributed by atoms with E-state index >= 15 is 0 Å². The van der Waals surface area contributed by atoms with E-state index in [0.29, 0.717) is 5.02 Å². The second-order valence-corrected chi connectivity index (χ2v) is 5.44. The Morgan fingerprint density at radius 2 is 1.95 bits per heavy atom. The molecule has 5 nitrogen and oxygen atoms in total. The van der Waals surface area contributed by atoms with Gasteiger partial charge in [0.15, 0.2) is 0 Å². The van der Waals surface area contributed by atoms with Gasteiger partial charge in [0, 0.05) is 16.4 Å². The van der Waals surface area contributed by atoms with Gasteiger partial charge in [0.2, 0.25) is 0 Å². The maximum Gasteiger partial charge on any atom is 0.329 e. The summed E-state index contributed by atoms with van der Waals surface area (Å²) in [5.41, 5.74) is 3.02. The summed E-state index contributed by atoms with van der Waals surface area (Å²) in [7, 11) is 0. The number of thiophene rings is 1. The molecule has 2 amide bonds. The van der Waals surface area contributed by atoms with Gasteiger partial charge < -0.3 is 5.32 Å². The summed E-state index contributed by atoms with van der Waals surface area (Å²) in [5.74, 6) is -1.55. The van der Waals surface area contributed by atoms with Crippen molar-refractivity contribution in [1.82, 2.24) is 10.7 Å². The minimum Gasteiger partial charge on any atom is -0.344 e. The number of hydrogen-bond acceptors (Lipinski definition) is 4. The highest BCUT2D eigenvalue weighted by atomic mass is 35.5. The van der Waals surface area contributed by atoms with Gasteiger partial charge in [-0.15, -0.1) is 11.3 Å². The van der Waals surface area contributed by atoms with Crippen molar-refractivity contribution in [2.75, 3.05) is 0 Å². The van der Waals surface area contributed by atoms with Crippen LogP contribution in [0.15, 0.2) is 46.9 Å². The first-order valence-electron chi connectivity index (χ1n) is 6.04. The molecule has 1 aromatic carbocycles. The van der Waals surface area contributed by atoms with E-state index < -0.39 is 11.8 Å². The Kier molecular flexibility index (Phi) is 5.48. The average molecular weight is 322 g/mol. The summed E-state index contributed by atoms with van der Waals surface area (Å²) in [6, 6.07) is 10.7. The number of nitrogens with zero attached hydrogens (tertiary/aromatic N) is 1. The summed E-state index contributed by atoms with van der Waals surface area (Å²) in [6.45, 7) is 0.248. The molecule has 0 spiro atoms. The van der Waals surface area contributed by atoms with Crippen LogP contribution < -0.4 is 10.7 Å². The lowest BCUT2D eigenvalue weighted by molar-refractivity contribution is -0.139. The molecule has 0 atom stereocenters. The minimum atomic E-state index is -0.809. The molecule has 0 unspecified atom stereocenters. The Morgan fingerprint density at radius 1 is 1.19 bits per heavy atom. The standard InChI is InChI=1S/C14H12ClN3O2S/c15-11-5-3-10(4-6-11)8-16-13(19)14(20)18-17-9-12-2-1-7-21-12/h1-7,9H,8H2,(H,16,19)(H,18,20)/b17-9-. The van der Waals surface area contributed by atoms with E-state index in [4.69, 9.17) is 11.6 Å². The van der Waals surface area contributed by atoms with Crippen LogP contribution in [0, 0.1) is 0 Å². The molecule has 0 aliphatic carbocycles. The van der Waals surface area contributed by atoms with Crippen LogP contribution in [0.1, 0.15) is 10.4 Å². The number of hydrogen-bond donors (Lipinski definition) is 2. The van der Waals surface area contributed by atoms with Crippen molar-refractivity contribution in [1.29, 1.82) is 0 Å². The van der Waals surface area contributed by atoms with Crippen molar-refractivity contribution in [2.45, 2.75) is 6.54 Å². The number of halogens is 1. The van der Waals surface area contributed by atoms with E-state index in [0.717, 1.165) is 10.4 Å². The number of rotatable bonds is 4. The van der Waals surface area contributed by atoms with Gasteiger partial charge in [0.05, 0.1) is 6.21 Å². The zero-order chi connectivity index (χ0) is 15.1. The van der Waals surface area contributed by atoms with Crippen LogP contribution in [0.25, 0.3) is 0 Å². The average Bonchev–Trinajstić information content (AvgIpc) is 2.99. The van der Waals surface area contributed by atoms with Gasteiger partial charge in [0.1, 0.15) is 0 Å². The molecule has 0 radical (unpaired) electrons. The molecular weight excluding hydrogens is 310 g/mol. The highest BCUT2D eigenvalue weighted by molar-refractivity contribution is 7.11. The zero-order valence-electron chi connectivity index (χ0n) is 10.9. The molecule has 1 aromatic heterocycles. The van der Waals surface area contributed by atoms with Gasteiger partial charge >= 0.3 is 11.8 Å². The molecule has 0 fully saturated rings. The van der Waals surface area contributed by atoms with E-state index in [2.05, 4.69) is 15.8 Å². The molecule has 2 N–H and O–H groups in total. The number of hydrazone groups is 1. The summed E-state index contributed by atoms with van der Waals surface area (Å²) in [5, 5.41) is 8.71. The van der Waals surface area contributed by atoms with Crippen molar-refractivity contribution in [2.24, 2.45) is 5.10 Å². The highest BCUT2D eigenvalue weighted by Crippen LogP contribution is 2.09. The predicted octanol–water partition coefficient (Wildman–Crippen LogP) is 2.17. The molecule has 0 saturated carbocycles. The van der Waals surface area contributed by atoms with Crippen molar-refractivity contribution < 1.29 is 9.59 Å². The maximum atomic E-state index is 11.6. The number of nitrogens with one attached hydrogen (secondary N) is 2. The number of carbonyl (C=O) groups is 2. The van der Waals surface area contributed by atoms with E-state index in [1.807, 2.05) is 17.5 Å². The minimum absolute atomic E-state index is 0.248. The van der Waals surface area contributed by atoms with Crippen molar-refractivity contribution in [3.05, 3.63) is 57.2 Å². The molecule has 0 bridgehead atoms. The smallest absolute Gasteiger partial charge is 0.329 e. The fourth-order valence-corrected chi connectivity index (χ4v) is 2.15. The van der Waals surface area contributed by atoms with Crippen LogP contribution in [0.3, 0.4) is 0 Å². The topological polar surface area (TPSA) is 70.6 Å². The fraction of sp³-hybridized carbons (Fsp3) is 0.0714. The molecule has 21 heavy (non-hydrogen) atoms. The highest BCUT2D eigenvalue weighted by Gasteiger charge is 2.11. The summed E-state index contributed by atoms with van der Waals surface area (Å²) in [4.78, 5) is 23.9. The molecule has 108 valence electrons. The molecular formula is C14H12ClN3O2S. The predicted molar refractivity (Wildman–Crippen MR) is 83.4 cm³/mol. The summed E-state index contributed by atoms with van der Waals surface area (Å²) in [6.07, 6.45) is 1.48. The van der Waals surface area contributed by atoms with Gasteiger partial charge in [-0.3, -0.25) is 9.59 Å². The Hall–Kier alpha value is -2.18. The normalized spacial score (nSPS) is 10.5. The lowest BCUT2D eigenvalue weighted by Crippen LogP contribution is -2.37. The van der Waals surface area contributed by atoms with Crippen LogP contribution in [-0.2, 0) is 16.1 Å². The van der Waals surface area contributed by atoms with E-state index in [-0.39, 0.29) is 6.54 Å². The first-order valence-corrected chi connectivity index (χ1v) is 7.30. The van der Waals surface area contributed by atoms with Gasteiger partial charge in [0.25, 0.3) is 0 Å². The summed E-state index contributed by atoms with van der Waals surface area (Å²) >= 11 is 7.24. The number of benzene rings is 1. The van der Waals surface area contributed by atoms with Gasteiger partial charge in [-0.2, -0.15) is 5.10 Å². The third-order valence-electron chi connectivity index (χ3n) is 2.47. The first-order chi connectivity index (χ1) is 10.1. The second-order valence-electron chi connectivity index (χ2n) is 4.02. The van der Waals surface area contributed by atoms with Crippen LogP contribution in [0.5, 0.6) is 0 Å². The van der Waals surface area contributed by atoms with Gasteiger partial charge in [-0.05, 0) is 29.1 Å². The molecule has 7 heteroatoms. The molecule has 2 rings (SSSR count). The van der Waals surface area contributed by atoms with Crippen LogP contribution in [0.4, 0.5) is 0 Å². The van der Waals surface area contributed by atoms with Crippen molar-refractivity contribution in [3.8, 4) is 0 Å². The monoisotopic (exact) mass is 321 g/mol. The lowest BCUT2D eigenvalue weighted by atomic mass is 10.2. The molecule has 1 heterocycles. The Morgan fingerprint density at radius 3 is 2.62 bits per heavy atom. The van der Waals surface area contributed by atoms with Crippen LogP contribution in [-0.4, -0.2) is 18.0 Å². The van der Waals surface area contributed by atoms with Crippen LogP contribution >= 0.6 is 22.9 Å². The lowest BCUT2D eigenvalue weighted by Gasteiger charge is -2.04. The number of amides is 2. The fourth-order valence-electron chi connectivity index (χ4n) is 1.43. The third kappa shape index (κ3) is 5.02. The summed E-state index contributed by atoms with van der Waals surface area (Å²) < 4.78 is 0. The Balaban J connectivity index is 1.77. The van der Waals surface area contributed by atoms with E-state index in [1.54, 1.807) is 24.3 Å². The largest absolute Gasteiger partial charge is 0.344 e. The first kappa shape index (κ1) is 15.2. The molecule has 2 aromatic rings. The van der Waals surface area contributed by atoms with Crippen molar-refractivity contribution in [3.63, 3.8) is 0 Å². The van der Waals surface area contributed by atoms with Gasteiger partial charge in [-0.1, -0.05) is 29.8 Å². The third-order valence-corrected chi connectivity index (χ3v) is 3.53. The zero-order valence-corrected chi connectivity index (χ0v) is 12.4.